The van der Waals surface area contributed by atoms with E-state index in [-0.39, 0.29) is 5.56 Å². The summed E-state index contributed by atoms with van der Waals surface area (Å²) >= 11 is 0. The number of nitro benzene ring substituents is 2. The Balaban J connectivity index is 2.15. The number of carbonyl (C=O) groups excluding carboxylic acids is 1. The molecule has 0 saturated heterocycles. The molecule has 0 bridgehead atoms. The fourth-order valence-corrected chi connectivity index (χ4v) is 2.83. The lowest BCUT2D eigenvalue weighted by Gasteiger charge is -2.39. The molecule has 4 atom stereocenters. The Morgan fingerprint density at radius 3 is 2.31 bits per heavy atom. The molecule has 0 aliphatic heterocycles. The van der Waals surface area contributed by atoms with Gasteiger partial charge in [0.1, 0.15) is 12.2 Å². The maximum atomic E-state index is 11.9. The van der Waals surface area contributed by atoms with E-state index in [9.17, 15) is 45.1 Å². The van der Waals surface area contributed by atoms with Crippen molar-refractivity contribution in [2.45, 2.75) is 36.8 Å². The highest BCUT2D eigenvalue weighted by molar-refractivity contribution is 5.87. The lowest BCUT2D eigenvalue weighted by atomic mass is 9.79. The summed E-state index contributed by atoms with van der Waals surface area (Å²) < 4.78 is 4.88. The molecule has 4 N–H and O–H groups in total. The predicted octanol–water partition coefficient (Wildman–Crippen LogP) is -0.241. The number of nitrogens with zero attached hydrogens (tertiary/aromatic N) is 2. The van der Waals surface area contributed by atoms with Gasteiger partial charge >= 0.3 is 23.3 Å². The third kappa shape index (κ3) is 4.90. The number of rotatable bonds is 6. The summed E-state index contributed by atoms with van der Waals surface area (Å²) in [7, 11) is 0. The smallest absolute Gasteiger partial charge is 0.346 e. The van der Waals surface area contributed by atoms with Crippen LogP contribution in [0.4, 0.5) is 11.4 Å². The highest BCUT2D eigenvalue weighted by Crippen LogP contribution is 2.31. The topological polar surface area (TPSA) is 211 Å². The van der Waals surface area contributed by atoms with Gasteiger partial charge in [-0.2, -0.15) is 0 Å². The Kier molecular flexibility index (Phi) is 6.26. The van der Waals surface area contributed by atoms with Crippen LogP contribution in [-0.4, -0.2) is 66.1 Å². The number of hydrogen-bond acceptors (Lipinski definition) is 10. The summed E-state index contributed by atoms with van der Waals surface area (Å²) in [4.78, 5) is 42.9. The minimum atomic E-state index is -2.40. The first-order valence-electron chi connectivity index (χ1n) is 8.08. The van der Waals surface area contributed by atoms with Crippen molar-refractivity contribution in [3.8, 4) is 0 Å². The molecule has 13 heteroatoms. The normalized spacial score (nSPS) is 26.8. The molecule has 0 aromatic heterocycles. The lowest BCUT2D eigenvalue weighted by molar-refractivity contribution is -0.422. The average Bonchev–Trinajstić information content (AvgIpc) is 2.63. The van der Waals surface area contributed by atoms with Crippen molar-refractivity contribution < 1.29 is 44.6 Å². The van der Waals surface area contributed by atoms with Gasteiger partial charge in [0.15, 0.2) is 5.60 Å². The van der Waals surface area contributed by atoms with Gasteiger partial charge in [-0.3, -0.25) is 20.2 Å². The highest BCUT2D eigenvalue weighted by atomic mass is 16.6. The van der Waals surface area contributed by atoms with Gasteiger partial charge in [0.2, 0.25) is 0 Å². The molecular weight excluding hydrogens is 396 g/mol. The number of nitro groups is 2. The monoisotopic (exact) mass is 412 g/mol. The van der Waals surface area contributed by atoms with E-state index in [0.29, 0.717) is 0 Å². The van der Waals surface area contributed by atoms with Gasteiger partial charge < -0.3 is 25.2 Å². The minimum Gasteiger partial charge on any atom is -0.479 e. The minimum absolute atomic E-state index is 0.0607. The van der Waals surface area contributed by atoms with E-state index in [4.69, 9.17) is 9.84 Å². The van der Waals surface area contributed by atoms with Crippen molar-refractivity contribution in [2.75, 3.05) is 0 Å². The van der Waals surface area contributed by atoms with Gasteiger partial charge in [-0.15, -0.1) is 0 Å². The van der Waals surface area contributed by atoms with E-state index in [1.807, 2.05) is 0 Å². The van der Waals surface area contributed by atoms with Crippen molar-refractivity contribution in [3.05, 3.63) is 50.1 Å². The molecule has 13 nitrogen and oxygen atoms in total. The van der Waals surface area contributed by atoms with Crippen LogP contribution in [0.2, 0.25) is 0 Å². The number of ether oxygens (including phenoxy) is 1. The van der Waals surface area contributed by atoms with Gasteiger partial charge in [0, 0.05) is 31.1 Å². The molecule has 0 unspecified atom stereocenters. The van der Waals surface area contributed by atoms with Crippen LogP contribution in [0.3, 0.4) is 0 Å². The van der Waals surface area contributed by atoms with Crippen LogP contribution in [0.15, 0.2) is 24.3 Å². The third-order valence-corrected chi connectivity index (χ3v) is 4.33. The van der Waals surface area contributed by atoms with E-state index < -0.39 is 69.9 Å². The first-order valence-corrected chi connectivity index (χ1v) is 8.08. The first-order chi connectivity index (χ1) is 13.4. The lowest BCUT2D eigenvalue weighted by Crippen LogP contribution is -2.57. The Hall–Kier alpha value is -3.42. The Bertz CT molecular complexity index is 884. The SMILES string of the molecule is O=C(/C=C/c1ccc([N+](=O)[O-])c([N+](=O)[O-])c1)O[C@@H]1C[C@](O)(C(=O)O)C[C@@H](O)[C@H]1O. The molecule has 0 amide bonds. The van der Waals surface area contributed by atoms with Crippen molar-refractivity contribution in [1.82, 2.24) is 0 Å². The number of carbonyl (C=O) groups is 2. The van der Waals surface area contributed by atoms with E-state index in [2.05, 4.69) is 0 Å². The Labute approximate surface area is 161 Å². The number of aliphatic hydroxyl groups is 3. The number of aliphatic carboxylic acids is 1. The zero-order valence-corrected chi connectivity index (χ0v) is 14.6. The van der Waals surface area contributed by atoms with E-state index in [1.54, 1.807) is 0 Å². The maximum Gasteiger partial charge on any atom is 0.346 e. The van der Waals surface area contributed by atoms with Crippen LogP contribution in [0, 0.1) is 20.2 Å². The van der Waals surface area contributed by atoms with Crippen molar-refractivity contribution >= 4 is 29.4 Å². The van der Waals surface area contributed by atoms with E-state index >= 15 is 0 Å². The number of aliphatic hydroxyl groups excluding tert-OH is 2. The van der Waals surface area contributed by atoms with E-state index in [1.165, 1.54) is 0 Å². The van der Waals surface area contributed by atoms with Crippen molar-refractivity contribution in [1.29, 1.82) is 0 Å². The molecule has 29 heavy (non-hydrogen) atoms. The van der Waals surface area contributed by atoms with Crippen LogP contribution >= 0.6 is 0 Å². The second-order valence-corrected chi connectivity index (χ2v) is 6.37. The van der Waals surface area contributed by atoms with Gasteiger partial charge in [-0.25, -0.2) is 9.59 Å². The summed E-state index contributed by atoms with van der Waals surface area (Å²) in [6.45, 7) is 0. The van der Waals surface area contributed by atoms with Crippen LogP contribution in [0.1, 0.15) is 18.4 Å². The highest BCUT2D eigenvalue weighted by Gasteiger charge is 2.50. The number of carboxylic acid groups (broad SMARTS) is 1. The Morgan fingerprint density at radius 2 is 1.76 bits per heavy atom. The van der Waals surface area contributed by atoms with Gasteiger partial charge in [0.05, 0.1) is 16.0 Å². The first kappa shape index (κ1) is 21.9. The fraction of sp³-hybridized carbons (Fsp3) is 0.375. The second-order valence-electron chi connectivity index (χ2n) is 6.37. The molecule has 1 aliphatic carbocycles. The van der Waals surface area contributed by atoms with Gasteiger partial charge in [-0.1, -0.05) is 0 Å². The molecule has 156 valence electrons. The predicted molar refractivity (Wildman–Crippen MR) is 92.5 cm³/mol. The second kappa shape index (κ2) is 8.30. The summed E-state index contributed by atoms with van der Waals surface area (Å²) in [5.74, 6) is -2.75. The summed E-state index contributed by atoms with van der Waals surface area (Å²) in [5, 5.41) is 60.3. The zero-order chi connectivity index (χ0) is 21.9. The van der Waals surface area contributed by atoms with Crippen molar-refractivity contribution in [2.24, 2.45) is 0 Å². The summed E-state index contributed by atoms with van der Waals surface area (Å²) in [6.07, 6.45) is -4.28. The summed E-state index contributed by atoms with van der Waals surface area (Å²) in [6, 6.07) is 2.90. The number of esters is 1. The van der Waals surface area contributed by atoms with Crippen LogP contribution in [0.5, 0.6) is 0 Å². The van der Waals surface area contributed by atoms with Crippen LogP contribution in [-0.2, 0) is 14.3 Å². The van der Waals surface area contributed by atoms with E-state index in [0.717, 1.165) is 30.4 Å². The Morgan fingerprint density at radius 1 is 1.14 bits per heavy atom. The molecule has 1 aliphatic rings. The molecule has 1 aromatic rings. The van der Waals surface area contributed by atoms with Crippen LogP contribution in [0.25, 0.3) is 6.08 Å². The molecule has 1 fully saturated rings. The molecule has 2 rings (SSSR count). The van der Waals surface area contributed by atoms with Crippen molar-refractivity contribution in [3.63, 3.8) is 0 Å². The molecule has 0 radical (unpaired) electrons. The quantitative estimate of drug-likeness (QED) is 0.207. The zero-order valence-electron chi connectivity index (χ0n) is 14.6. The third-order valence-electron chi connectivity index (χ3n) is 4.33. The van der Waals surface area contributed by atoms with Crippen LogP contribution < -0.4 is 0 Å². The standard InChI is InChI=1S/C16H16N2O11/c19-11-6-16(24,15(22)23)7-12(14(11)21)29-13(20)4-2-8-1-3-9(17(25)26)10(5-8)18(27)28/h1-5,11-12,14,19,21,24H,6-7H2,(H,22,23)/b4-2+/t11-,12-,14-,16+/m1/s1. The molecule has 1 saturated carbocycles. The van der Waals surface area contributed by atoms with Gasteiger partial charge in [0.25, 0.3) is 0 Å². The maximum absolute atomic E-state index is 11.9. The molecular formula is C16H16N2O11. The largest absolute Gasteiger partial charge is 0.479 e. The molecule has 0 heterocycles. The average molecular weight is 412 g/mol. The number of carboxylic acids is 1. The van der Waals surface area contributed by atoms with Gasteiger partial charge in [-0.05, 0) is 17.7 Å². The summed E-state index contributed by atoms with van der Waals surface area (Å²) in [5.41, 5.74) is -3.86. The fourth-order valence-electron chi connectivity index (χ4n) is 2.83. The molecule has 0 spiro atoms. The molecule has 1 aromatic carbocycles. The number of benzene rings is 1. The number of hydrogen-bond donors (Lipinski definition) is 4.